The Labute approximate surface area is 198 Å². The van der Waals surface area contributed by atoms with Gasteiger partial charge in [0.25, 0.3) is 11.8 Å². The molecule has 0 unspecified atom stereocenters. The van der Waals surface area contributed by atoms with Crippen LogP contribution in [0.3, 0.4) is 0 Å². The quantitative estimate of drug-likeness (QED) is 0.307. The van der Waals surface area contributed by atoms with Gasteiger partial charge in [-0.05, 0) is 72.3 Å². The topological polar surface area (TPSA) is 114 Å². The molecule has 1 saturated heterocycles. The predicted octanol–water partition coefficient (Wildman–Crippen LogP) is 3.47. The summed E-state index contributed by atoms with van der Waals surface area (Å²) in [7, 11) is 1.39. The molecule has 0 aliphatic carbocycles. The zero-order valence-corrected chi connectivity index (χ0v) is 19.8. The first-order valence-corrected chi connectivity index (χ1v) is 10.8. The number of anilines is 1. The Balaban J connectivity index is 2.09. The van der Waals surface area contributed by atoms with Crippen LogP contribution in [0.1, 0.15) is 19.4 Å². The Hall–Kier alpha value is -3.28. The molecule has 0 bridgehead atoms. The predicted molar refractivity (Wildman–Crippen MR) is 125 cm³/mol. The second-order valence-electron chi connectivity index (χ2n) is 6.51. The number of nitrogens with zero attached hydrogens (tertiary/aromatic N) is 1. The van der Waals surface area contributed by atoms with E-state index in [1.807, 2.05) is 29.5 Å². The van der Waals surface area contributed by atoms with Crippen molar-refractivity contribution in [2.24, 2.45) is 0 Å². The Bertz CT molecular complexity index is 1110. The number of hydrogen-bond acceptors (Lipinski definition) is 7. The van der Waals surface area contributed by atoms with Crippen molar-refractivity contribution in [1.82, 2.24) is 5.32 Å². The summed E-state index contributed by atoms with van der Waals surface area (Å²) in [6, 6.07) is 6.92. The van der Waals surface area contributed by atoms with Crippen molar-refractivity contribution in [1.29, 1.82) is 0 Å². The molecule has 1 heterocycles. The fourth-order valence-corrected chi connectivity index (χ4v) is 3.71. The summed E-state index contributed by atoms with van der Waals surface area (Å²) >= 11 is 1.91. The number of barbiturate groups is 1. The number of carbonyl (C=O) groups is 3. The third-order valence-corrected chi connectivity index (χ3v) is 5.29. The van der Waals surface area contributed by atoms with Crippen molar-refractivity contribution in [3.8, 4) is 23.0 Å². The lowest BCUT2D eigenvalue weighted by Gasteiger charge is -2.28. The zero-order valence-electron chi connectivity index (χ0n) is 17.6. The molecule has 2 aromatic rings. The van der Waals surface area contributed by atoms with Crippen LogP contribution >= 0.6 is 22.6 Å². The zero-order chi connectivity index (χ0) is 23.4. The number of nitrogens with one attached hydrogen (secondary N) is 1. The SMILES string of the molecule is CCOc1ccc(OCC)c(N2C(=O)NC(=O)/C(=C/c3cc(I)c(O)c(OC)c3)C2=O)c1. The van der Waals surface area contributed by atoms with E-state index in [0.717, 1.165) is 4.90 Å². The minimum absolute atomic E-state index is 0.0550. The standard InChI is InChI=1S/C22H21IN2O7/c1-4-31-13-6-7-17(32-5-2)16(11-13)25-21(28)14(20(27)24-22(25)29)8-12-9-15(23)19(26)18(10-12)30-3/h6-11,26H,4-5H2,1-3H3,(H,24,27,29)/b14-8-. The first-order chi connectivity index (χ1) is 15.3. The number of methoxy groups -OCH3 is 1. The number of amides is 4. The molecule has 4 amide bonds. The summed E-state index contributed by atoms with van der Waals surface area (Å²) in [5, 5.41) is 12.2. The lowest BCUT2D eigenvalue weighted by atomic mass is 10.1. The van der Waals surface area contributed by atoms with Gasteiger partial charge in [-0.2, -0.15) is 0 Å². The smallest absolute Gasteiger partial charge is 0.336 e. The number of urea groups is 1. The van der Waals surface area contributed by atoms with E-state index in [1.54, 1.807) is 25.1 Å². The fraction of sp³-hybridized carbons (Fsp3) is 0.227. The van der Waals surface area contributed by atoms with Gasteiger partial charge in [0.1, 0.15) is 17.1 Å². The van der Waals surface area contributed by atoms with Gasteiger partial charge in [0.05, 0.1) is 29.6 Å². The van der Waals surface area contributed by atoms with Crippen LogP contribution in [0.5, 0.6) is 23.0 Å². The molecule has 2 N–H and O–H groups in total. The molecule has 2 aromatic carbocycles. The molecule has 0 spiro atoms. The molecule has 168 valence electrons. The van der Waals surface area contributed by atoms with Crippen LogP contribution in [0.4, 0.5) is 10.5 Å². The van der Waals surface area contributed by atoms with Crippen LogP contribution in [0.2, 0.25) is 0 Å². The molecule has 1 aliphatic heterocycles. The van der Waals surface area contributed by atoms with Gasteiger partial charge in [0, 0.05) is 6.07 Å². The van der Waals surface area contributed by atoms with Gasteiger partial charge in [-0.25, -0.2) is 9.69 Å². The minimum Gasteiger partial charge on any atom is -0.504 e. The highest BCUT2D eigenvalue weighted by Crippen LogP contribution is 2.36. The summed E-state index contributed by atoms with van der Waals surface area (Å²) in [5.41, 5.74) is 0.318. The fourth-order valence-electron chi connectivity index (χ4n) is 3.08. The van der Waals surface area contributed by atoms with Gasteiger partial charge < -0.3 is 19.3 Å². The van der Waals surface area contributed by atoms with Crippen molar-refractivity contribution in [3.05, 3.63) is 45.0 Å². The Kier molecular flexibility index (Phi) is 7.23. The number of phenols is 1. The summed E-state index contributed by atoms with van der Waals surface area (Å²) in [6.45, 7) is 4.27. The highest BCUT2D eigenvalue weighted by Gasteiger charge is 2.38. The number of phenolic OH excluding ortho intramolecular Hbond substituents is 1. The third kappa shape index (κ3) is 4.64. The highest BCUT2D eigenvalue weighted by molar-refractivity contribution is 14.1. The van der Waals surface area contributed by atoms with Gasteiger partial charge >= 0.3 is 6.03 Å². The molecule has 3 rings (SSSR count). The van der Waals surface area contributed by atoms with Crippen molar-refractivity contribution in [2.45, 2.75) is 13.8 Å². The van der Waals surface area contributed by atoms with Gasteiger partial charge in [0.2, 0.25) is 0 Å². The maximum Gasteiger partial charge on any atom is 0.336 e. The third-order valence-electron chi connectivity index (χ3n) is 4.47. The summed E-state index contributed by atoms with van der Waals surface area (Å²) < 4.78 is 16.7. The number of hydrogen-bond donors (Lipinski definition) is 2. The van der Waals surface area contributed by atoms with Crippen LogP contribution in [0.15, 0.2) is 35.9 Å². The highest BCUT2D eigenvalue weighted by atomic mass is 127. The number of imide groups is 2. The largest absolute Gasteiger partial charge is 0.504 e. The van der Waals surface area contributed by atoms with Gasteiger partial charge in [-0.1, -0.05) is 0 Å². The summed E-state index contributed by atoms with van der Waals surface area (Å²) in [4.78, 5) is 39.2. The van der Waals surface area contributed by atoms with Crippen molar-refractivity contribution < 1.29 is 33.7 Å². The van der Waals surface area contributed by atoms with Gasteiger partial charge in [0.15, 0.2) is 11.5 Å². The van der Waals surface area contributed by atoms with Crippen LogP contribution < -0.4 is 24.4 Å². The molecule has 0 atom stereocenters. The molecular formula is C22H21IN2O7. The second kappa shape index (κ2) is 9.90. The first-order valence-electron chi connectivity index (χ1n) is 9.68. The van der Waals surface area contributed by atoms with Crippen LogP contribution in [-0.4, -0.2) is 43.3 Å². The lowest BCUT2D eigenvalue weighted by molar-refractivity contribution is -0.122. The van der Waals surface area contributed by atoms with Gasteiger partial charge in [-0.15, -0.1) is 0 Å². The minimum atomic E-state index is -0.899. The molecule has 32 heavy (non-hydrogen) atoms. The van der Waals surface area contributed by atoms with E-state index in [2.05, 4.69) is 5.32 Å². The molecule has 1 fully saturated rings. The summed E-state index contributed by atoms with van der Waals surface area (Å²) in [5.74, 6) is -0.808. The lowest BCUT2D eigenvalue weighted by Crippen LogP contribution is -2.54. The van der Waals surface area contributed by atoms with E-state index in [4.69, 9.17) is 14.2 Å². The van der Waals surface area contributed by atoms with E-state index >= 15 is 0 Å². The molecule has 9 nitrogen and oxygen atoms in total. The number of halogens is 1. The van der Waals surface area contributed by atoms with E-state index in [9.17, 15) is 19.5 Å². The Morgan fingerprint density at radius 1 is 1.06 bits per heavy atom. The molecule has 0 radical (unpaired) electrons. The molecule has 0 saturated carbocycles. The van der Waals surface area contributed by atoms with E-state index < -0.39 is 17.8 Å². The maximum absolute atomic E-state index is 13.3. The average molecular weight is 552 g/mol. The molecule has 10 heteroatoms. The van der Waals surface area contributed by atoms with E-state index in [1.165, 1.54) is 25.3 Å². The molecule has 0 aromatic heterocycles. The maximum atomic E-state index is 13.3. The monoisotopic (exact) mass is 552 g/mol. The molecule has 1 aliphatic rings. The van der Waals surface area contributed by atoms with Crippen LogP contribution in [-0.2, 0) is 9.59 Å². The Morgan fingerprint density at radius 3 is 2.44 bits per heavy atom. The van der Waals surface area contributed by atoms with Crippen molar-refractivity contribution in [3.63, 3.8) is 0 Å². The van der Waals surface area contributed by atoms with E-state index in [0.29, 0.717) is 28.1 Å². The van der Waals surface area contributed by atoms with Crippen LogP contribution in [0, 0.1) is 3.57 Å². The number of carbonyl (C=O) groups excluding carboxylic acids is 3. The number of rotatable bonds is 7. The van der Waals surface area contributed by atoms with E-state index in [-0.39, 0.29) is 28.5 Å². The van der Waals surface area contributed by atoms with Gasteiger partial charge in [-0.3, -0.25) is 14.9 Å². The number of ether oxygens (including phenoxy) is 3. The number of benzene rings is 2. The Morgan fingerprint density at radius 2 is 1.78 bits per heavy atom. The average Bonchev–Trinajstić information content (AvgIpc) is 2.75. The molecular weight excluding hydrogens is 531 g/mol. The summed E-state index contributed by atoms with van der Waals surface area (Å²) in [6.07, 6.45) is 1.33. The van der Waals surface area contributed by atoms with Crippen molar-refractivity contribution in [2.75, 3.05) is 25.2 Å². The van der Waals surface area contributed by atoms with Crippen LogP contribution in [0.25, 0.3) is 6.08 Å². The number of aromatic hydroxyl groups is 1. The van der Waals surface area contributed by atoms with Crippen molar-refractivity contribution >= 4 is 52.2 Å². The second-order valence-corrected chi connectivity index (χ2v) is 7.67. The first kappa shape index (κ1) is 23.4. The normalized spacial score (nSPS) is 15.1.